The van der Waals surface area contributed by atoms with Gasteiger partial charge in [0.2, 0.25) is 6.23 Å². The van der Waals surface area contributed by atoms with Gasteiger partial charge in [-0.15, -0.1) is 0 Å². The number of aromatic nitrogens is 2. The van der Waals surface area contributed by atoms with Crippen LogP contribution in [0.3, 0.4) is 0 Å². The molecule has 0 saturated carbocycles. The second kappa shape index (κ2) is 5.02. The molecule has 4 atom stereocenters. The molecule has 1 fully saturated rings. The summed E-state index contributed by atoms with van der Waals surface area (Å²) in [5.74, 6) is 0. The molecular weight excluding hydrogens is 244 g/mol. The molecule has 0 amide bonds. The first kappa shape index (κ1) is 13.0. The number of ether oxygens (including phenoxy) is 2. The van der Waals surface area contributed by atoms with Gasteiger partial charge in [0.1, 0.15) is 24.5 Å². The Morgan fingerprint density at radius 2 is 2.22 bits per heavy atom. The van der Waals surface area contributed by atoms with Crippen molar-refractivity contribution in [2.45, 2.75) is 24.5 Å². The predicted molar refractivity (Wildman–Crippen MR) is 56.8 cm³/mol. The van der Waals surface area contributed by atoms with Crippen LogP contribution in [0.25, 0.3) is 0 Å². The molecule has 8 heteroatoms. The highest BCUT2D eigenvalue weighted by atomic mass is 16.6. The van der Waals surface area contributed by atoms with E-state index in [2.05, 4.69) is 4.98 Å². The molecule has 4 N–H and O–H groups in total. The summed E-state index contributed by atoms with van der Waals surface area (Å²) in [7, 11) is 1.35. The van der Waals surface area contributed by atoms with Crippen LogP contribution in [0.4, 0.5) is 0 Å². The molecular formula is C10H15N2O6+. The number of nitrogens with one attached hydrogen (secondary N) is 1. The van der Waals surface area contributed by atoms with Crippen molar-refractivity contribution in [2.24, 2.45) is 0 Å². The van der Waals surface area contributed by atoms with Crippen molar-refractivity contribution in [3.63, 3.8) is 0 Å². The maximum Gasteiger partial charge on any atom is 0.458 e. The second-order valence-electron chi connectivity index (χ2n) is 3.95. The van der Waals surface area contributed by atoms with Gasteiger partial charge in [0.25, 0.3) is 0 Å². The molecule has 1 aromatic heterocycles. The van der Waals surface area contributed by atoms with Gasteiger partial charge in [-0.1, -0.05) is 0 Å². The van der Waals surface area contributed by atoms with Gasteiger partial charge in [-0.3, -0.25) is 0 Å². The SMILES string of the molecule is COc1[nH]c(=O)cc[n+]1[C@@H]1OC(CO)C(O)C1O. The van der Waals surface area contributed by atoms with E-state index in [9.17, 15) is 15.0 Å². The van der Waals surface area contributed by atoms with Gasteiger partial charge in [-0.05, 0) is 0 Å². The molecule has 2 rings (SSSR count). The lowest BCUT2D eigenvalue weighted by Gasteiger charge is -2.13. The van der Waals surface area contributed by atoms with Crippen LogP contribution < -0.4 is 14.9 Å². The molecule has 1 saturated heterocycles. The van der Waals surface area contributed by atoms with Gasteiger partial charge < -0.3 is 24.8 Å². The number of H-pyrrole nitrogens is 1. The highest BCUT2D eigenvalue weighted by Gasteiger charge is 2.47. The molecule has 18 heavy (non-hydrogen) atoms. The summed E-state index contributed by atoms with van der Waals surface area (Å²) >= 11 is 0. The minimum absolute atomic E-state index is 0.0809. The van der Waals surface area contributed by atoms with Crippen molar-refractivity contribution >= 4 is 0 Å². The first-order chi connectivity index (χ1) is 8.58. The predicted octanol–water partition coefficient (Wildman–Crippen LogP) is -2.72. The van der Waals surface area contributed by atoms with Gasteiger partial charge >= 0.3 is 11.6 Å². The van der Waals surface area contributed by atoms with E-state index in [4.69, 9.17) is 14.6 Å². The normalized spacial score (nSPS) is 31.6. The van der Waals surface area contributed by atoms with Crippen LogP contribution in [-0.4, -0.2) is 52.3 Å². The number of nitrogens with zero attached hydrogens (tertiary/aromatic N) is 1. The average Bonchev–Trinajstić information content (AvgIpc) is 2.66. The third kappa shape index (κ3) is 2.10. The van der Waals surface area contributed by atoms with E-state index < -0.39 is 31.1 Å². The van der Waals surface area contributed by atoms with Crippen LogP contribution in [-0.2, 0) is 4.74 Å². The Labute approximate surface area is 102 Å². The first-order valence-corrected chi connectivity index (χ1v) is 5.39. The summed E-state index contributed by atoms with van der Waals surface area (Å²) in [5.41, 5.74) is -0.366. The third-order valence-electron chi connectivity index (χ3n) is 2.84. The molecule has 0 aromatic carbocycles. The Balaban J connectivity index is 2.35. The summed E-state index contributed by atoms with van der Waals surface area (Å²) in [6.45, 7) is -0.416. The molecule has 1 aliphatic heterocycles. The smallest absolute Gasteiger partial charge is 0.434 e. The minimum Gasteiger partial charge on any atom is -0.434 e. The van der Waals surface area contributed by atoms with Gasteiger partial charge in [0.05, 0.1) is 19.8 Å². The Kier molecular flexibility index (Phi) is 3.62. The van der Waals surface area contributed by atoms with Crippen LogP contribution in [0.2, 0.25) is 0 Å². The lowest BCUT2D eigenvalue weighted by atomic mass is 10.1. The maximum atomic E-state index is 11.1. The zero-order valence-corrected chi connectivity index (χ0v) is 9.68. The number of aliphatic hydroxyl groups is 3. The molecule has 100 valence electrons. The first-order valence-electron chi connectivity index (χ1n) is 5.39. The quantitative estimate of drug-likeness (QED) is 0.438. The lowest BCUT2D eigenvalue weighted by molar-refractivity contribution is -0.771. The number of aliphatic hydroxyl groups excluding tert-OH is 3. The van der Waals surface area contributed by atoms with Crippen LogP contribution in [0.15, 0.2) is 17.1 Å². The number of rotatable bonds is 3. The van der Waals surface area contributed by atoms with E-state index in [-0.39, 0.29) is 11.6 Å². The molecule has 0 bridgehead atoms. The zero-order valence-electron chi connectivity index (χ0n) is 9.68. The zero-order chi connectivity index (χ0) is 13.3. The standard InChI is InChI=1S/C10H14N2O6/c1-17-10-11-6(14)2-3-12(10)9-8(16)7(15)5(4-13)18-9/h2-3,5,7-9,13,15-16H,4H2,1H3/p+1/t5?,7?,8?,9-/m1/s1. The van der Waals surface area contributed by atoms with E-state index in [0.717, 1.165) is 0 Å². The number of aromatic amines is 1. The summed E-state index contributed by atoms with van der Waals surface area (Å²) in [5, 5.41) is 28.5. The molecule has 2 heterocycles. The molecule has 3 unspecified atom stereocenters. The molecule has 1 aliphatic rings. The summed E-state index contributed by atoms with van der Waals surface area (Å²) in [6, 6.07) is 1.31. The number of methoxy groups -OCH3 is 1. The Hall–Kier alpha value is -1.48. The highest BCUT2D eigenvalue weighted by molar-refractivity contribution is 4.89. The molecule has 0 spiro atoms. The molecule has 0 radical (unpaired) electrons. The molecule has 0 aliphatic carbocycles. The molecule has 1 aromatic rings. The molecule has 8 nitrogen and oxygen atoms in total. The minimum atomic E-state index is -1.23. The lowest BCUT2D eigenvalue weighted by Crippen LogP contribution is -2.48. The monoisotopic (exact) mass is 259 g/mol. The number of hydrogen-bond acceptors (Lipinski definition) is 6. The fourth-order valence-corrected chi connectivity index (χ4v) is 1.89. The fourth-order valence-electron chi connectivity index (χ4n) is 1.89. The van der Waals surface area contributed by atoms with Crippen molar-refractivity contribution < 1.29 is 29.4 Å². The van der Waals surface area contributed by atoms with Crippen LogP contribution in [0.1, 0.15) is 6.23 Å². The largest absolute Gasteiger partial charge is 0.458 e. The highest BCUT2D eigenvalue weighted by Crippen LogP contribution is 2.25. The van der Waals surface area contributed by atoms with Crippen molar-refractivity contribution in [3.8, 4) is 6.01 Å². The number of hydrogen-bond donors (Lipinski definition) is 4. The average molecular weight is 259 g/mol. The van der Waals surface area contributed by atoms with Crippen LogP contribution in [0.5, 0.6) is 6.01 Å². The van der Waals surface area contributed by atoms with Gasteiger partial charge in [-0.25, -0.2) is 4.79 Å². The Bertz CT molecular complexity index is 476. The van der Waals surface area contributed by atoms with Gasteiger partial charge in [-0.2, -0.15) is 9.55 Å². The van der Waals surface area contributed by atoms with E-state index in [0.29, 0.717) is 0 Å². The van der Waals surface area contributed by atoms with E-state index in [1.54, 1.807) is 0 Å². The fraction of sp³-hybridized carbons (Fsp3) is 0.600. The maximum absolute atomic E-state index is 11.1. The van der Waals surface area contributed by atoms with Crippen LogP contribution in [0, 0.1) is 0 Å². The van der Waals surface area contributed by atoms with Crippen molar-refractivity contribution in [2.75, 3.05) is 13.7 Å². The summed E-state index contributed by atoms with van der Waals surface area (Å²) < 4.78 is 11.6. The van der Waals surface area contributed by atoms with Crippen molar-refractivity contribution in [1.29, 1.82) is 0 Å². The van der Waals surface area contributed by atoms with Crippen molar-refractivity contribution in [1.82, 2.24) is 4.98 Å². The van der Waals surface area contributed by atoms with E-state index in [1.165, 1.54) is 23.9 Å². The summed E-state index contributed by atoms with van der Waals surface area (Å²) in [4.78, 5) is 13.6. The summed E-state index contributed by atoms with van der Waals surface area (Å²) in [6.07, 6.45) is -2.88. The van der Waals surface area contributed by atoms with Gasteiger partial charge in [0.15, 0.2) is 0 Å². The van der Waals surface area contributed by atoms with E-state index in [1.807, 2.05) is 0 Å². The topological polar surface area (TPSA) is 116 Å². The Morgan fingerprint density at radius 3 is 2.78 bits per heavy atom. The van der Waals surface area contributed by atoms with Crippen molar-refractivity contribution in [3.05, 3.63) is 22.6 Å². The van der Waals surface area contributed by atoms with E-state index >= 15 is 0 Å². The third-order valence-corrected chi connectivity index (χ3v) is 2.84. The Morgan fingerprint density at radius 1 is 1.50 bits per heavy atom. The van der Waals surface area contributed by atoms with Crippen LogP contribution >= 0.6 is 0 Å². The van der Waals surface area contributed by atoms with Gasteiger partial charge in [0, 0.05) is 0 Å². The second-order valence-corrected chi connectivity index (χ2v) is 3.95.